The predicted molar refractivity (Wildman–Crippen MR) is 107 cm³/mol. The average Bonchev–Trinajstić information content (AvgIpc) is 3.28. The molecule has 1 aromatic carbocycles. The average molecular weight is 415 g/mol. The number of H-pyrrole nitrogens is 1. The van der Waals surface area contributed by atoms with Gasteiger partial charge in [-0.1, -0.05) is 12.1 Å². The van der Waals surface area contributed by atoms with E-state index < -0.39 is 23.8 Å². The summed E-state index contributed by atoms with van der Waals surface area (Å²) < 4.78 is 42.0. The second-order valence-corrected chi connectivity index (χ2v) is 7.01. The fourth-order valence-corrected chi connectivity index (χ4v) is 3.50. The van der Waals surface area contributed by atoms with Crippen LogP contribution in [0.15, 0.2) is 30.3 Å². The first-order valence-electron chi connectivity index (χ1n) is 9.46. The number of nitrogens with zero attached hydrogens (tertiary/aromatic N) is 5. The van der Waals surface area contributed by atoms with Crippen LogP contribution in [0.4, 0.5) is 30.9 Å². The maximum Gasteiger partial charge on any atom is 0.233 e. The SMILES string of the molecule is C/C=C/c1cc(Nc2nc(C)nc(N3CC(F)CC3c3ccc(F)cc3F)n2)n[nH]1. The predicted octanol–water partition coefficient (Wildman–Crippen LogP) is 4.25. The van der Waals surface area contributed by atoms with Crippen LogP contribution in [-0.2, 0) is 0 Å². The van der Waals surface area contributed by atoms with E-state index in [1.54, 1.807) is 17.9 Å². The number of nitrogens with one attached hydrogen (secondary N) is 2. The molecule has 3 aromatic rings. The fourth-order valence-electron chi connectivity index (χ4n) is 3.50. The van der Waals surface area contributed by atoms with E-state index in [0.717, 1.165) is 17.8 Å². The molecule has 0 saturated carbocycles. The Morgan fingerprint density at radius 1 is 1.20 bits per heavy atom. The minimum absolute atomic E-state index is 0.00176. The Morgan fingerprint density at radius 2 is 2.03 bits per heavy atom. The molecule has 30 heavy (non-hydrogen) atoms. The van der Waals surface area contributed by atoms with Crippen LogP contribution in [-0.4, -0.2) is 37.9 Å². The zero-order valence-corrected chi connectivity index (χ0v) is 16.4. The highest BCUT2D eigenvalue weighted by atomic mass is 19.1. The van der Waals surface area contributed by atoms with Gasteiger partial charge in [-0.15, -0.1) is 0 Å². The van der Waals surface area contributed by atoms with Crippen molar-refractivity contribution in [1.29, 1.82) is 0 Å². The van der Waals surface area contributed by atoms with Gasteiger partial charge in [0.25, 0.3) is 0 Å². The van der Waals surface area contributed by atoms with Crippen molar-refractivity contribution in [2.75, 3.05) is 16.8 Å². The molecule has 2 N–H and O–H groups in total. The molecule has 156 valence electrons. The van der Waals surface area contributed by atoms with Crippen molar-refractivity contribution in [2.24, 2.45) is 0 Å². The highest BCUT2D eigenvalue weighted by Gasteiger charge is 2.36. The van der Waals surface area contributed by atoms with E-state index in [2.05, 4.69) is 30.5 Å². The third kappa shape index (κ3) is 4.12. The van der Waals surface area contributed by atoms with Crippen molar-refractivity contribution < 1.29 is 13.2 Å². The Labute approximate surface area is 171 Å². The molecule has 0 amide bonds. The molecule has 4 rings (SSSR count). The Bertz CT molecular complexity index is 1080. The molecular formula is C20H20F3N7. The van der Waals surface area contributed by atoms with Gasteiger partial charge in [-0.25, -0.2) is 13.2 Å². The highest BCUT2D eigenvalue weighted by molar-refractivity contribution is 5.55. The third-order valence-corrected chi connectivity index (χ3v) is 4.75. The first-order valence-corrected chi connectivity index (χ1v) is 9.46. The van der Waals surface area contributed by atoms with Crippen molar-refractivity contribution in [1.82, 2.24) is 25.1 Å². The molecule has 0 spiro atoms. The van der Waals surface area contributed by atoms with Gasteiger partial charge in [0.05, 0.1) is 18.3 Å². The van der Waals surface area contributed by atoms with Crippen LogP contribution in [0.1, 0.15) is 36.5 Å². The third-order valence-electron chi connectivity index (χ3n) is 4.75. The molecule has 2 aromatic heterocycles. The maximum atomic E-state index is 14.4. The molecule has 10 heteroatoms. The second-order valence-electron chi connectivity index (χ2n) is 7.01. The summed E-state index contributed by atoms with van der Waals surface area (Å²) >= 11 is 0. The minimum atomic E-state index is -1.19. The van der Waals surface area contributed by atoms with Crippen LogP contribution >= 0.6 is 0 Å². The molecular weight excluding hydrogens is 395 g/mol. The van der Waals surface area contributed by atoms with Crippen LogP contribution in [0.5, 0.6) is 0 Å². The monoisotopic (exact) mass is 415 g/mol. The van der Waals surface area contributed by atoms with E-state index in [1.807, 2.05) is 19.1 Å². The van der Waals surface area contributed by atoms with Gasteiger partial charge in [-0.05, 0) is 26.0 Å². The molecule has 0 aliphatic carbocycles. The van der Waals surface area contributed by atoms with E-state index in [-0.39, 0.29) is 30.4 Å². The number of halogens is 3. The number of rotatable bonds is 5. The van der Waals surface area contributed by atoms with E-state index >= 15 is 0 Å². The van der Waals surface area contributed by atoms with E-state index in [0.29, 0.717) is 11.6 Å². The van der Waals surface area contributed by atoms with Gasteiger partial charge < -0.3 is 10.2 Å². The number of aromatic nitrogens is 5. The number of allylic oxidation sites excluding steroid dienone is 1. The van der Waals surface area contributed by atoms with Gasteiger partial charge in [-0.3, -0.25) is 5.10 Å². The van der Waals surface area contributed by atoms with E-state index in [4.69, 9.17) is 0 Å². The van der Waals surface area contributed by atoms with Crippen LogP contribution < -0.4 is 10.2 Å². The normalized spacial score (nSPS) is 19.0. The lowest BCUT2D eigenvalue weighted by Crippen LogP contribution is -2.27. The number of alkyl halides is 1. The lowest BCUT2D eigenvalue weighted by molar-refractivity contribution is 0.356. The van der Waals surface area contributed by atoms with Crippen LogP contribution in [0, 0.1) is 18.6 Å². The number of aromatic amines is 1. The number of hydrogen-bond donors (Lipinski definition) is 2. The highest BCUT2D eigenvalue weighted by Crippen LogP contribution is 2.37. The smallest absolute Gasteiger partial charge is 0.233 e. The quantitative estimate of drug-likeness (QED) is 0.648. The molecule has 1 aliphatic heterocycles. The van der Waals surface area contributed by atoms with Crippen LogP contribution in [0.3, 0.4) is 0 Å². The molecule has 0 bridgehead atoms. The molecule has 0 radical (unpaired) electrons. The molecule has 1 saturated heterocycles. The molecule has 2 unspecified atom stereocenters. The van der Waals surface area contributed by atoms with Crippen LogP contribution in [0.25, 0.3) is 6.08 Å². The summed E-state index contributed by atoms with van der Waals surface area (Å²) in [7, 11) is 0. The lowest BCUT2D eigenvalue weighted by atomic mass is 10.0. The summed E-state index contributed by atoms with van der Waals surface area (Å²) in [6, 6.07) is 4.42. The zero-order valence-electron chi connectivity index (χ0n) is 16.4. The summed E-state index contributed by atoms with van der Waals surface area (Å²) in [6.45, 7) is 3.57. The molecule has 7 nitrogen and oxygen atoms in total. The topological polar surface area (TPSA) is 82.6 Å². The lowest BCUT2D eigenvalue weighted by Gasteiger charge is -2.25. The summed E-state index contributed by atoms with van der Waals surface area (Å²) in [5.74, 6) is -0.0506. The molecule has 3 heterocycles. The largest absolute Gasteiger partial charge is 0.330 e. The van der Waals surface area contributed by atoms with Gasteiger partial charge in [-0.2, -0.15) is 20.1 Å². The number of aryl methyl sites for hydroxylation is 1. The Hall–Kier alpha value is -3.43. The first-order chi connectivity index (χ1) is 14.4. The summed E-state index contributed by atoms with van der Waals surface area (Å²) in [6.07, 6.45) is 2.60. The van der Waals surface area contributed by atoms with Crippen molar-refractivity contribution in [3.8, 4) is 0 Å². The summed E-state index contributed by atoms with van der Waals surface area (Å²) in [5.41, 5.74) is 1.00. The van der Waals surface area contributed by atoms with Crippen LogP contribution in [0.2, 0.25) is 0 Å². The van der Waals surface area contributed by atoms with E-state index in [1.165, 1.54) is 6.07 Å². The minimum Gasteiger partial charge on any atom is -0.330 e. The standard InChI is InChI=1S/C20H20F3N7/c1-3-4-14-9-18(29-28-14)26-19-24-11(2)25-20(27-19)30-10-13(22)8-17(30)15-6-5-12(21)7-16(15)23/h3-7,9,13,17H,8,10H2,1-2H3,(H2,24,25,26,27,28,29)/b4-3+. The van der Waals surface area contributed by atoms with Crippen molar-refractivity contribution >= 4 is 23.8 Å². The van der Waals surface area contributed by atoms with Gasteiger partial charge in [0.2, 0.25) is 11.9 Å². The Kier molecular flexibility index (Phi) is 5.39. The number of hydrogen-bond acceptors (Lipinski definition) is 6. The van der Waals surface area contributed by atoms with Crippen molar-refractivity contribution in [3.63, 3.8) is 0 Å². The summed E-state index contributed by atoms with van der Waals surface area (Å²) in [5, 5.41) is 9.98. The number of benzene rings is 1. The number of anilines is 3. The molecule has 2 atom stereocenters. The maximum absolute atomic E-state index is 14.4. The molecule has 1 aliphatic rings. The fraction of sp³-hybridized carbons (Fsp3) is 0.300. The zero-order chi connectivity index (χ0) is 21.3. The van der Waals surface area contributed by atoms with Crippen molar-refractivity contribution in [2.45, 2.75) is 32.5 Å². The van der Waals surface area contributed by atoms with Gasteiger partial charge in [0, 0.05) is 24.1 Å². The van der Waals surface area contributed by atoms with Gasteiger partial charge in [0.1, 0.15) is 23.6 Å². The van der Waals surface area contributed by atoms with Gasteiger partial charge in [0.15, 0.2) is 5.82 Å². The Balaban J connectivity index is 1.64. The van der Waals surface area contributed by atoms with Gasteiger partial charge >= 0.3 is 0 Å². The summed E-state index contributed by atoms with van der Waals surface area (Å²) in [4.78, 5) is 14.5. The second kappa shape index (κ2) is 8.13. The van der Waals surface area contributed by atoms with E-state index in [9.17, 15) is 13.2 Å². The first kappa shape index (κ1) is 19.9. The molecule has 1 fully saturated rings. The van der Waals surface area contributed by atoms with Crippen molar-refractivity contribution in [3.05, 3.63) is 59.1 Å². The Morgan fingerprint density at radius 3 is 2.80 bits per heavy atom.